The Morgan fingerprint density at radius 2 is 2.10 bits per heavy atom. The Kier molecular flexibility index (Phi) is 8.86. The van der Waals surface area contributed by atoms with E-state index in [1.165, 1.54) is 30.5 Å². The average Bonchev–Trinajstić information content (AvgIpc) is 2.47. The highest BCUT2D eigenvalue weighted by atomic mass is 35.5. The van der Waals surface area contributed by atoms with E-state index in [2.05, 4.69) is 34.9 Å². The molecule has 0 saturated carbocycles. The molecule has 0 aromatic heterocycles. The maximum absolute atomic E-state index is 5.52. The van der Waals surface area contributed by atoms with Crippen LogP contribution >= 0.6 is 12.4 Å². The molecule has 0 amide bonds. The van der Waals surface area contributed by atoms with Crippen molar-refractivity contribution in [3.05, 3.63) is 35.4 Å². The lowest BCUT2D eigenvalue weighted by molar-refractivity contribution is 0.133. The minimum Gasteiger partial charge on any atom is -0.377 e. The summed E-state index contributed by atoms with van der Waals surface area (Å²) in [4.78, 5) is 0. The molecule has 0 aliphatic carbocycles. The van der Waals surface area contributed by atoms with Crippen LogP contribution < -0.4 is 10.6 Å². The van der Waals surface area contributed by atoms with E-state index in [1.807, 2.05) is 6.92 Å². The van der Waals surface area contributed by atoms with Crippen molar-refractivity contribution in [2.75, 3.05) is 26.2 Å². The molecule has 0 bridgehead atoms. The van der Waals surface area contributed by atoms with Gasteiger partial charge in [-0.3, -0.25) is 0 Å². The maximum atomic E-state index is 5.52. The Labute approximate surface area is 128 Å². The SMILES string of the molecule is CCOCc1ccccc1CNCC1CCCNC1.Cl. The Balaban J connectivity index is 0.00000200. The van der Waals surface area contributed by atoms with Crippen LogP contribution in [0.4, 0.5) is 0 Å². The van der Waals surface area contributed by atoms with E-state index in [9.17, 15) is 0 Å². The van der Waals surface area contributed by atoms with Gasteiger partial charge in [-0.2, -0.15) is 0 Å². The largest absolute Gasteiger partial charge is 0.377 e. The number of nitrogens with one attached hydrogen (secondary N) is 2. The quantitative estimate of drug-likeness (QED) is 0.812. The molecule has 1 unspecified atom stereocenters. The molecular formula is C16H27ClN2O. The molecule has 2 rings (SSSR count). The van der Waals surface area contributed by atoms with E-state index in [0.29, 0.717) is 0 Å². The fourth-order valence-corrected chi connectivity index (χ4v) is 2.59. The van der Waals surface area contributed by atoms with Gasteiger partial charge in [-0.25, -0.2) is 0 Å². The van der Waals surface area contributed by atoms with Crippen molar-refractivity contribution in [2.45, 2.75) is 32.9 Å². The fourth-order valence-electron chi connectivity index (χ4n) is 2.59. The summed E-state index contributed by atoms with van der Waals surface area (Å²) < 4.78 is 5.52. The van der Waals surface area contributed by atoms with Gasteiger partial charge in [0.15, 0.2) is 0 Å². The molecule has 20 heavy (non-hydrogen) atoms. The molecule has 1 aromatic rings. The van der Waals surface area contributed by atoms with E-state index in [0.717, 1.165) is 38.8 Å². The van der Waals surface area contributed by atoms with Gasteiger partial charge >= 0.3 is 0 Å². The lowest BCUT2D eigenvalue weighted by Gasteiger charge is -2.23. The van der Waals surface area contributed by atoms with E-state index >= 15 is 0 Å². The summed E-state index contributed by atoms with van der Waals surface area (Å²) in [7, 11) is 0. The van der Waals surface area contributed by atoms with Crippen LogP contribution in [-0.2, 0) is 17.9 Å². The van der Waals surface area contributed by atoms with Gasteiger partial charge in [0.05, 0.1) is 6.61 Å². The van der Waals surface area contributed by atoms with Crippen molar-refractivity contribution in [1.29, 1.82) is 0 Å². The molecule has 0 spiro atoms. The number of benzene rings is 1. The molecule has 1 atom stereocenters. The molecule has 1 heterocycles. The van der Waals surface area contributed by atoms with E-state index in [1.54, 1.807) is 0 Å². The van der Waals surface area contributed by atoms with E-state index in [-0.39, 0.29) is 12.4 Å². The first-order valence-corrected chi connectivity index (χ1v) is 7.46. The zero-order chi connectivity index (χ0) is 13.3. The molecule has 1 aliphatic heterocycles. The van der Waals surface area contributed by atoms with E-state index < -0.39 is 0 Å². The number of ether oxygens (including phenoxy) is 1. The van der Waals surface area contributed by atoms with Gasteiger partial charge in [-0.1, -0.05) is 24.3 Å². The minimum absolute atomic E-state index is 0. The van der Waals surface area contributed by atoms with Gasteiger partial charge in [0, 0.05) is 13.2 Å². The van der Waals surface area contributed by atoms with Crippen LogP contribution in [0.5, 0.6) is 0 Å². The van der Waals surface area contributed by atoms with Gasteiger partial charge in [0.2, 0.25) is 0 Å². The number of hydrogen-bond acceptors (Lipinski definition) is 3. The molecule has 1 saturated heterocycles. The monoisotopic (exact) mass is 298 g/mol. The molecule has 4 heteroatoms. The molecular weight excluding hydrogens is 272 g/mol. The third-order valence-corrected chi connectivity index (χ3v) is 3.73. The highest BCUT2D eigenvalue weighted by Crippen LogP contribution is 2.12. The summed E-state index contributed by atoms with van der Waals surface area (Å²) in [6, 6.07) is 8.55. The van der Waals surface area contributed by atoms with Crippen LogP contribution in [0.15, 0.2) is 24.3 Å². The number of hydrogen-bond donors (Lipinski definition) is 2. The number of piperidine rings is 1. The second-order valence-electron chi connectivity index (χ2n) is 5.25. The van der Waals surface area contributed by atoms with Gasteiger partial charge in [0.25, 0.3) is 0 Å². The van der Waals surface area contributed by atoms with E-state index in [4.69, 9.17) is 4.74 Å². The predicted molar refractivity (Wildman–Crippen MR) is 86.3 cm³/mol. The van der Waals surface area contributed by atoms with Crippen LogP contribution in [0.25, 0.3) is 0 Å². The van der Waals surface area contributed by atoms with Crippen molar-refractivity contribution in [3.8, 4) is 0 Å². The fraction of sp³-hybridized carbons (Fsp3) is 0.625. The summed E-state index contributed by atoms with van der Waals surface area (Å²) in [5.74, 6) is 0.785. The van der Waals surface area contributed by atoms with Crippen LogP contribution in [0, 0.1) is 5.92 Å². The van der Waals surface area contributed by atoms with Crippen LogP contribution in [0.2, 0.25) is 0 Å². The van der Waals surface area contributed by atoms with Crippen LogP contribution in [0.3, 0.4) is 0 Å². The third kappa shape index (κ3) is 5.80. The summed E-state index contributed by atoms with van der Waals surface area (Å²) in [5.41, 5.74) is 2.67. The Bertz CT molecular complexity index is 367. The van der Waals surface area contributed by atoms with Crippen molar-refractivity contribution < 1.29 is 4.74 Å². The minimum atomic E-state index is 0. The van der Waals surface area contributed by atoms with Crippen molar-refractivity contribution in [3.63, 3.8) is 0 Å². The summed E-state index contributed by atoms with van der Waals surface area (Å²) >= 11 is 0. The average molecular weight is 299 g/mol. The maximum Gasteiger partial charge on any atom is 0.0719 e. The lowest BCUT2D eigenvalue weighted by atomic mass is 9.99. The zero-order valence-corrected chi connectivity index (χ0v) is 13.2. The number of rotatable bonds is 7. The smallest absolute Gasteiger partial charge is 0.0719 e. The Morgan fingerprint density at radius 3 is 2.80 bits per heavy atom. The van der Waals surface area contributed by atoms with Crippen molar-refractivity contribution in [2.24, 2.45) is 5.92 Å². The van der Waals surface area contributed by atoms with Gasteiger partial charge < -0.3 is 15.4 Å². The topological polar surface area (TPSA) is 33.3 Å². The zero-order valence-electron chi connectivity index (χ0n) is 12.4. The highest BCUT2D eigenvalue weighted by molar-refractivity contribution is 5.85. The van der Waals surface area contributed by atoms with Gasteiger partial charge in [-0.05, 0) is 56.4 Å². The standard InChI is InChI=1S/C16H26N2O.ClH/c1-2-19-13-16-8-4-3-7-15(16)12-18-11-14-6-5-9-17-10-14;/h3-4,7-8,14,17-18H,2,5-6,9-13H2,1H3;1H. The molecule has 2 N–H and O–H groups in total. The highest BCUT2D eigenvalue weighted by Gasteiger charge is 2.12. The Morgan fingerprint density at radius 1 is 1.30 bits per heavy atom. The first-order valence-electron chi connectivity index (χ1n) is 7.46. The second kappa shape index (κ2) is 10.2. The molecule has 3 nitrogen and oxygen atoms in total. The first-order chi connectivity index (χ1) is 9.40. The molecule has 1 aromatic carbocycles. The first kappa shape index (κ1) is 17.4. The molecule has 1 aliphatic rings. The van der Waals surface area contributed by atoms with Crippen LogP contribution in [-0.4, -0.2) is 26.2 Å². The number of halogens is 1. The predicted octanol–water partition coefficient (Wildman–Crippen LogP) is 2.73. The van der Waals surface area contributed by atoms with Crippen molar-refractivity contribution in [1.82, 2.24) is 10.6 Å². The second-order valence-corrected chi connectivity index (χ2v) is 5.25. The molecule has 1 fully saturated rings. The molecule has 0 radical (unpaired) electrons. The summed E-state index contributed by atoms with van der Waals surface area (Å²) in [6.45, 7) is 7.93. The molecule has 114 valence electrons. The van der Waals surface area contributed by atoms with Gasteiger partial charge in [0.1, 0.15) is 0 Å². The third-order valence-electron chi connectivity index (χ3n) is 3.73. The van der Waals surface area contributed by atoms with Gasteiger partial charge in [-0.15, -0.1) is 12.4 Å². The normalized spacial score (nSPS) is 18.6. The Hall–Kier alpha value is -0.610. The lowest BCUT2D eigenvalue weighted by Crippen LogP contribution is -2.35. The van der Waals surface area contributed by atoms with Crippen molar-refractivity contribution >= 4 is 12.4 Å². The summed E-state index contributed by atoms with van der Waals surface area (Å²) in [5, 5.41) is 7.06. The van der Waals surface area contributed by atoms with Crippen LogP contribution in [0.1, 0.15) is 30.9 Å². The summed E-state index contributed by atoms with van der Waals surface area (Å²) in [6.07, 6.45) is 2.66.